The minimum atomic E-state index is -1.46. The molecule has 2 aromatic rings. The maximum absolute atomic E-state index is 11.6. The van der Waals surface area contributed by atoms with E-state index in [0.29, 0.717) is 16.8 Å². The number of benzene rings is 1. The number of oxazole rings is 1. The molecule has 1 aromatic carbocycles. The summed E-state index contributed by atoms with van der Waals surface area (Å²) < 4.78 is 6.31. The minimum Gasteiger partial charge on any atom is -0.408 e. The summed E-state index contributed by atoms with van der Waals surface area (Å²) >= 11 is 0. The summed E-state index contributed by atoms with van der Waals surface area (Å²) in [6.07, 6.45) is 0. The first-order chi connectivity index (χ1) is 8.29. The molecule has 2 rings (SSSR count). The molecule has 0 radical (unpaired) electrons. The van der Waals surface area contributed by atoms with Crippen LogP contribution in [0.4, 0.5) is 5.69 Å². The second-order valence-corrected chi connectivity index (χ2v) is 4.62. The second-order valence-electron chi connectivity index (χ2n) is 4.62. The van der Waals surface area contributed by atoms with Crippen LogP contribution in [0.3, 0.4) is 0 Å². The Bertz CT molecular complexity index is 661. The zero-order valence-electron chi connectivity index (χ0n) is 10.4. The number of hydrogen-bond acceptors (Lipinski definition) is 4. The summed E-state index contributed by atoms with van der Waals surface area (Å²) in [7, 11) is 1.58. The summed E-state index contributed by atoms with van der Waals surface area (Å²) in [5.41, 5.74) is 0.0559. The first-order valence-electron chi connectivity index (χ1n) is 5.42. The van der Waals surface area contributed by atoms with Gasteiger partial charge in [0.05, 0.1) is 5.52 Å². The van der Waals surface area contributed by atoms with Crippen molar-refractivity contribution >= 4 is 22.7 Å². The van der Waals surface area contributed by atoms with Crippen molar-refractivity contribution in [3.8, 4) is 0 Å². The monoisotopic (exact) mass is 250 g/mol. The largest absolute Gasteiger partial charge is 0.419 e. The van der Waals surface area contributed by atoms with E-state index in [0.717, 1.165) is 0 Å². The molecule has 0 atom stereocenters. The average molecular weight is 250 g/mol. The molecule has 0 saturated heterocycles. The highest BCUT2D eigenvalue weighted by Gasteiger charge is 2.23. The second kappa shape index (κ2) is 3.99. The topological polar surface area (TPSA) is 84.5 Å². The Kier molecular flexibility index (Phi) is 2.74. The van der Waals surface area contributed by atoms with Gasteiger partial charge < -0.3 is 14.8 Å². The van der Waals surface area contributed by atoms with Gasteiger partial charge in [0.2, 0.25) is 0 Å². The molecule has 0 saturated carbocycles. The number of hydrogen-bond donors (Lipinski definition) is 2. The zero-order valence-corrected chi connectivity index (χ0v) is 10.4. The molecule has 18 heavy (non-hydrogen) atoms. The van der Waals surface area contributed by atoms with Crippen molar-refractivity contribution in [1.29, 1.82) is 0 Å². The Labute approximate surface area is 103 Å². The van der Waals surface area contributed by atoms with Crippen molar-refractivity contribution in [3.05, 3.63) is 28.7 Å². The number of nitrogens with one attached hydrogen (secondary N) is 1. The molecule has 2 N–H and O–H groups in total. The number of aromatic nitrogens is 1. The fourth-order valence-electron chi connectivity index (χ4n) is 1.49. The van der Waals surface area contributed by atoms with Crippen molar-refractivity contribution in [2.75, 3.05) is 5.32 Å². The summed E-state index contributed by atoms with van der Waals surface area (Å²) in [6, 6.07) is 4.81. The smallest absolute Gasteiger partial charge is 0.408 e. The van der Waals surface area contributed by atoms with Crippen LogP contribution >= 0.6 is 0 Å². The fraction of sp³-hybridized carbons (Fsp3) is 0.333. The van der Waals surface area contributed by atoms with Gasteiger partial charge in [-0.1, -0.05) is 0 Å². The van der Waals surface area contributed by atoms with Gasteiger partial charge in [-0.3, -0.25) is 9.36 Å². The Morgan fingerprint density at radius 3 is 2.72 bits per heavy atom. The maximum atomic E-state index is 11.6. The van der Waals surface area contributed by atoms with E-state index < -0.39 is 17.3 Å². The van der Waals surface area contributed by atoms with Crippen molar-refractivity contribution in [2.24, 2.45) is 7.05 Å². The standard InChI is InChI=1S/C12H14N2O4/c1-12(2,17)10(15)13-7-4-5-9-8(6-7)14(3)11(16)18-9/h4-6,17H,1-3H3,(H,13,15). The quantitative estimate of drug-likeness (QED) is 0.827. The maximum Gasteiger partial charge on any atom is 0.419 e. The van der Waals surface area contributed by atoms with E-state index in [1.54, 1.807) is 25.2 Å². The Morgan fingerprint density at radius 2 is 2.11 bits per heavy atom. The molecular formula is C12H14N2O4. The van der Waals surface area contributed by atoms with Gasteiger partial charge in [0.1, 0.15) is 5.60 Å². The van der Waals surface area contributed by atoms with E-state index >= 15 is 0 Å². The molecule has 1 aromatic heterocycles. The number of aliphatic hydroxyl groups is 1. The van der Waals surface area contributed by atoms with Crippen LogP contribution in [0.25, 0.3) is 11.1 Å². The lowest BCUT2D eigenvalue weighted by Crippen LogP contribution is -2.36. The lowest BCUT2D eigenvalue weighted by molar-refractivity contribution is -0.130. The van der Waals surface area contributed by atoms with Gasteiger partial charge in [-0.05, 0) is 32.0 Å². The molecule has 1 heterocycles. The molecule has 6 heteroatoms. The van der Waals surface area contributed by atoms with E-state index in [2.05, 4.69) is 5.32 Å². The van der Waals surface area contributed by atoms with Crippen LogP contribution in [-0.2, 0) is 11.8 Å². The Hall–Kier alpha value is -2.08. The van der Waals surface area contributed by atoms with E-state index in [1.165, 1.54) is 18.4 Å². The van der Waals surface area contributed by atoms with E-state index in [4.69, 9.17) is 4.42 Å². The van der Waals surface area contributed by atoms with Gasteiger partial charge in [0.15, 0.2) is 5.58 Å². The van der Waals surface area contributed by atoms with Gasteiger partial charge in [-0.25, -0.2) is 4.79 Å². The molecule has 0 aliphatic heterocycles. The molecule has 0 spiro atoms. The number of fused-ring (bicyclic) bond motifs is 1. The van der Waals surface area contributed by atoms with Crippen LogP contribution in [0.5, 0.6) is 0 Å². The highest BCUT2D eigenvalue weighted by atomic mass is 16.4. The molecule has 0 unspecified atom stereocenters. The normalized spacial score (nSPS) is 11.8. The van der Waals surface area contributed by atoms with Gasteiger partial charge in [0.25, 0.3) is 5.91 Å². The van der Waals surface area contributed by atoms with Crippen LogP contribution in [0, 0.1) is 0 Å². The highest BCUT2D eigenvalue weighted by molar-refractivity contribution is 5.97. The summed E-state index contributed by atoms with van der Waals surface area (Å²) in [4.78, 5) is 22.9. The third-order valence-corrected chi connectivity index (χ3v) is 2.60. The van der Waals surface area contributed by atoms with E-state index in [9.17, 15) is 14.7 Å². The lowest BCUT2D eigenvalue weighted by atomic mass is 10.1. The van der Waals surface area contributed by atoms with Crippen molar-refractivity contribution in [1.82, 2.24) is 4.57 Å². The molecular weight excluding hydrogens is 236 g/mol. The van der Waals surface area contributed by atoms with Crippen LogP contribution in [0.15, 0.2) is 27.4 Å². The van der Waals surface area contributed by atoms with E-state index in [1.807, 2.05) is 0 Å². The number of aryl methyl sites for hydroxylation is 1. The Morgan fingerprint density at radius 1 is 1.44 bits per heavy atom. The lowest BCUT2D eigenvalue weighted by Gasteiger charge is -2.16. The number of nitrogens with zero attached hydrogens (tertiary/aromatic N) is 1. The van der Waals surface area contributed by atoms with Gasteiger partial charge in [0, 0.05) is 12.7 Å². The molecule has 1 amide bonds. The molecule has 0 bridgehead atoms. The van der Waals surface area contributed by atoms with Gasteiger partial charge in [-0.15, -0.1) is 0 Å². The molecule has 0 aliphatic rings. The molecule has 0 fully saturated rings. The van der Waals surface area contributed by atoms with Crippen molar-refractivity contribution < 1.29 is 14.3 Å². The first-order valence-corrected chi connectivity index (χ1v) is 5.42. The highest BCUT2D eigenvalue weighted by Crippen LogP contribution is 2.18. The van der Waals surface area contributed by atoms with Crippen LogP contribution < -0.4 is 11.1 Å². The molecule has 0 aliphatic carbocycles. The number of rotatable bonds is 2. The number of carbonyl (C=O) groups excluding carboxylic acids is 1. The minimum absolute atomic E-state index is 0.448. The summed E-state index contributed by atoms with van der Waals surface area (Å²) in [5, 5.41) is 12.1. The predicted octanol–water partition coefficient (Wildman–Crippen LogP) is 0.841. The van der Waals surface area contributed by atoms with Crippen LogP contribution in [0.1, 0.15) is 13.8 Å². The summed E-state index contributed by atoms with van der Waals surface area (Å²) in [6.45, 7) is 2.79. The number of carbonyl (C=O) groups is 1. The van der Waals surface area contributed by atoms with Gasteiger partial charge in [-0.2, -0.15) is 0 Å². The van der Waals surface area contributed by atoms with Crippen LogP contribution in [0.2, 0.25) is 0 Å². The van der Waals surface area contributed by atoms with E-state index in [-0.39, 0.29) is 0 Å². The van der Waals surface area contributed by atoms with Crippen LogP contribution in [-0.4, -0.2) is 21.2 Å². The Balaban J connectivity index is 2.39. The van der Waals surface area contributed by atoms with Gasteiger partial charge >= 0.3 is 5.76 Å². The van der Waals surface area contributed by atoms with Crippen molar-refractivity contribution in [3.63, 3.8) is 0 Å². The fourth-order valence-corrected chi connectivity index (χ4v) is 1.49. The molecule has 96 valence electrons. The number of anilines is 1. The zero-order chi connectivity index (χ0) is 13.5. The van der Waals surface area contributed by atoms with Crippen molar-refractivity contribution in [2.45, 2.75) is 19.4 Å². The third kappa shape index (κ3) is 2.14. The predicted molar refractivity (Wildman–Crippen MR) is 66.4 cm³/mol. The first kappa shape index (κ1) is 12.4. The average Bonchev–Trinajstić information content (AvgIpc) is 2.54. The summed E-state index contributed by atoms with van der Waals surface area (Å²) in [5.74, 6) is -0.980. The SMILES string of the molecule is Cn1c(=O)oc2ccc(NC(=O)C(C)(C)O)cc21. The third-order valence-electron chi connectivity index (χ3n) is 2.60. The molecule has 6 nitrogen and oxygen atoms in total. The number of amides is 1.